The Morgan fingerprint density at radius 3 is 2.76 bits per heavy atom. The lowest BCUT2D eigenvalue weighted by Crippen LogP contribution is -2.36. The van der Waals surface area contributed by atoms with E-state index < -0.39 is 0 Å². The first-order valence-electron chi connectivity index (χ1n) is 6.24. The average Bonchev–Trinajstić information content (AvgIpc) is 2.29. The van der Waals surface area contributed by atoms with Crippen molar-refractivity contribution in [2.24, 2.45) is 5.92 Å². The van der Waals surface area contributed by atoms with Crippen molar-refractivity contribution >= 4 is 11.6 Å². The SMILES string of the molecule is CC(C)Cc1ccc(N2CCCC(=O)C2)nn1. The van der Waals surface area contributed by atoms with Crippen LogP contribution in [0.15, 0.2) is 12.1 Å². The summed E-state index contributed by atoms with van der Waals surface area (Å²) in [6.45, 7) is 5.72. The molecule has 0 saturated carbocycles. The van der Waals surface area contributed by atoms with Crippen molar-refractivity contribution < 1.29 is 4.79 Å². The minimum atomic E-state index is 0.296. The second-order valence-corrected chi connectivity index (χ2v) is 5.04. The van der Waals surface area contributed by atoms with E-state index in [0.29, 0.717) is 24.7 Å². The molecule has 1 saturated heterocycles. The van der Waals surface area contributed by atoms with Gasteiger partial charge in [-0.25, -0.2) is 0 Å². The molecule has 0 amide bonds. The van der Waals surface area contributed by atoms with Crippen LogP contribution in [-0.4, -0.2) is 29.1 Å². The van der Waals surface area contributed by atoms with Gasteiger partial charge >= 0.3 is 0 Å². The monoisotopic (exact) mass is 233 g/mol. The minimum Gasteiger partial charge on any atom is -0.348 e. The molecule has 0 bridgehead atoms. The number of hydrogen-bond donors (Lipinski definition) is 0. The summed E-state index contributed by atoms with van der Waals surface area (Å²) in [6, 6.07) is 3.99. The van der Waals surface area contributed by atoms with Crippen molar-refractivity contribution in [3.63, 3.8) is 0 Å². The van der Waals surface area contributed by atoms with Crippen molar-refractivity contribution in [3.8, 4) is 0 Å². The van der Waals surface area contributed by atoms with Crippen LogP contribution in [0.5, 0.6) is 0 Å². The summed E-state index contributed by atoms with van der Waals surface area (Å²) in [7, 11) is 0. The molecule has 17 heavy (non-hydrogen) atoms. The maximum atomic E-state index is 11.4. The van der Waals surface area contributed by atoms with E-state index in [1.807, 2.05) is 17.0 Å². The highest BCUT2D eigenvalue weighted by Gasteiger charge is 2.18. The molecule has 0 atom stereocenters. The summed E-state index contributed by atoms with van der Waals surface area (Å²) in [5.41, 5.74) is 1.02. The Balaban J connectivity index is 2.04. The Labute approximate surface area is 102 Å². The van der Waals surface area contributed by atoms with Gasteiger partial charge in [0.15, 0.2) is 11.6 Å². The number of rotatable bonds is 3. The highest BCUT2D eigenvalue weighted by molar-refractivity contribution is 5.84. The summed E-state index contributed by atoms with van der Waals surface area (Å²) < 4.78 is 0. The van der Waals surface area contributed by atoms with Gasteiger partial charge in [-0.1, -0.05) is 13.8 Å². The Morgan fingerprint density at radius 2 is 2.18 bits per heavy atom. The number of anilines is 1. The fourth-order valence-electron chi connectivity index (χ4n) is 2.08. The first-order valence-corrected chi connectivity index (χ1v) is 6.24. The maximum Gasteiger partial charge on any atom is 0.152 e. The number of Topliss-reactive ketones (excluding diaryl/α,β-unsaturated/α-hetero) is 1. The molecule has 1 fully saturated rings. The summed E-state index contributed by atoms with van der Waals surface area (Å²) in [4.78, 5) is 13.4. The van der Waals surface area contributed by atoms with E-state index in [-0.39, 0.29) is 0 Å². The van der Waals surface area contributed by atoms with Crippen molar-refractivity contribution in [3.05, 3.63) is 17.8 Å². The lowest BCUT2D eigenvalue weighted by Gasteiger charge is -2.26. The van der Waals surface area contributed by atoms with E-state index in [2.05, 4.69) is 24.0 Å². The minimum absolute atomic E-state index is 0.296. The normalized spacial score (nSPS) is 16.6. The van der Waals surface area contributed by atoms with Crippen LogP contribution in [-0.2, 0) is 11.2 Å². The molecule has 1 aliphatic heterocycles. The standard InChI is InChI=1S/C13H19N3O/c1-10(2)8-11-5-6-13(15-14-11)16-7-3-4-12(17)9-16/h5-6,10H,3-4,7-9H2,1-2H3. The topological polar surface area (TPSA) is 46.1 Å². The Kier molecular flexibility index (Phi) is 3.71. The van der Waals surface area contributed by atoms with Crippen LogP contribution in [0.1, 0.15) is 32.4 Å². The predicted octanol–water partition coefficient (Wildman–Crippen LogP) is 1.84. The molecule has 1 aromatic heterocycles. The molecular weight excluding hydrogens is 214 g/mol. The zero-order valence-corrected chi connectivity index (χ0v) is 10.5. The molecule has 4 heteroatoms. The van der Waals surface area contributed by atoms with Crippen molar-refractivity contribution in [2.75, 3.05) is 18.0 Å². The van der Waals surface area contributed by atoms with E-state index in [4.69, 9.17) is 0 Å². The number of aromatic nitrogens is 2. The van der Waals surface area contributed by atoms with Gasteiger partial charge in [0.1, 0.15) is 0 Å². The van der Waals surface area contributed by atoms with Gasteiger partial charge < -0.3 is 4.90 Å². The lowest BCUT2D eigenvalue weighted by molar-refractivity contribution is -0.118. The number of hydrogen-bond acceptors (Lipinski definition) is 4. The van der Waals surface area contributed by atoms with Crippen LogP contribution in [0.25, 0.3) is 0 Å². The van der Waals surface area contributed by atoms with Gasteiger partial charge in [0.25, 0.3) is 0 Å². The molecule has 1 aliphatic rings. The molecule has 4 nitrogen and oxygen atoms in total. The summed E-state index contributed by atoms with van der Waals surface area (Å²) in [6.07, 6.45) is 2.58. The van der Waals surface area contributed by atoms with Crippen molar-refractivity contribution in [1.29, 1.82) is 0 Å². The number of carbonyl (C=O) groups excluding carboxylic acids is 1. The van der Waals surface area contributed by atoms with Gasteiger partial charge in [0.2, 0.25) is 0 Å². The van der Waals surface area contributed by atoms with Gasteiger partial charge in [-0.15, -0.1) is 5.10 Å². The molecular formula is C13H19N3O. The second kappa shape index (κ2) is 5.25. The Bertz CT molecular complexity index is 386. The summed E-state index contributed by atoms with van der Waals surface area (Å²) >= 11 is 0. The van der Waals surface area contributed by atoms with E-state index in [1.165, 1.54) is 0 Å². The van der Waals surface area contributed by atoms with Gasteiger partial charge in [-0.05, 0) is 30.9 Å². The Hall–Kier alpha value is -1.45. The molecule has 2 rings (SSSR count). The molecule has 0 aromatic carbocycles. The number of piperidine rings is 1. The summed E-state index contributed by atoms with van der Waals surface area (Å²) in [5.74, 6) is 1.71. The van der Waals surface area contributed by atoms with Gasteiger partial charge in [-0.2, -0.15) is 5.10 Å². The molecule has 0 N–H and O–H groups in total. The molecule has 2 heterocycles. The lowest BCUT2D eigenvalue weighted by atomic mass is 10.1. The van der Waals surface area contributed by atoms with Crippen LogP contribution in [0, 0.1) is 5.92 Å². The van der Waals surface area contributed by atoms with Gasteiger partial charge in [-0.3, -0.25) is 4.79 Å². The van der Waals surface area contributed by atoms with Crippen molar-refractivity contribution in [1.82, 2.24) is 10.2 Å². The molecule has 92 valence electrons. The van der Waals surface area contributed by atoms with Crippen LogP contribution >= 0.6 is 0 Å². The van der Waals surface area contributed by atoms with E-state index in [9.17, 15) is 4.79 Å². The summed E-state index contributed by atoms with van der Waals surface area (Å²) in [5, 5.41) is 8.43. The smallest absolute Gasteiger partial charge is 0.152 e. The third kappa shape index (κ3) is 3.25. The van der Waals surface area contributed by atoms with E-state index in [1.54, 1.807) is 0 Å². The van der Waals surface area contributed by atoms with E-state index in [0.717, 1.165) is 30.9 Å². The molecule has 0 radical (unpaired) electrons. The van der Waals surface area contributed by atoms with Crippen LogP contribution in [0.3, 0.4) is 0 Å². The van der Waals surface area contributed by atoms with Crippen LogP contribution in [0.4, 0.5) is 5.82 Å². The highest BCUT2D eigenvalue weighted by atomic mass is 16.1. The van der Waals surface area contributed by atoms with Crippen molar-refractivity contribution in [2.45, 2.75) is 33.1 Å². The largest absolute Gasteiger partial charge is 0.348 e. The molecule has 0 spiro atoms. The van der Waals surface area contributed by atoms with Gasteiger partial charge in [0.05, 0.1) is 12.2 Å². The zero-order valence-electron chi connectivity index (χ0n) is 10.5. The fraction of sp³-hybridized carbons (Fsp3) is 0.615. The number of nitrogens with zero attached hydrogens (tertiary/aromatic N) is 3. The van der Waals surface area contributed by atoms with E-state index >= 15 is 0 Å². The fourth-order valence-corrected chi connectivity index (χ4v) is 2.08. The highest BCUT2D eigenvalue weighted by Crippen LogP contribution is 2.15. The third-order valence-corrected chi connectivity index (χ3v) is 2.90. The maximum absolute atomic E-state index is 11.4. The number of ketones is 1. The molecule has 0 aliphatic carbocycles. The Morgan fingerprint density at radius 1 is 1.35 bits per heavy atom. The average molecular weight is 233 g/mol. The third-order valence-electron chi connectivity index (χ3n) is 2.90. The molecule has 0 unspecified atom stereocenters. The predicted molar refractivity (Wildman–Crippen MR) is 67.0 cm³/mol. The van der Waals surface area contributed by atoms with Crippen LogP contribution in [0.2, 0.25) is 0 Å². The quantitative estimate of drug-likeness (QED) is 0.799. The van der Waals surface area contributed by atoms with Gasteiger partial charge in [0, 0.05) is 13.0 Å². The number of carbonyl (C=O) groups is 1. The van der Waals surface area contributed by atoms with Crippen LogP contribution < -0.4 is 4.90 Å². The second-order valence-electron chi connectivity index (χ2n) is 5.04. The molecule has 1 aromatic rings. The first kappa shape index (κ1) is 12.0. The zero-order chi connectivity index (χ0) is 12.3. The first-order chi connectivity index (χ1) is 8.15.